The summed E-state index contributed by atoms with van der Waals surface area (Å²) in [5, 5.41) is 8.94. The van der Waals surface area contributed by atoms with Gasteiger partial charge in [-0.1, -0.05) is 0 Å². The van der Waals surface area contributed by atoms with Crippen molar-refractivity contribution in [2.75, 3.05) is 20.3 Å². The second-order valence-electron chi connectivity index (χ2n) is 5.41. The van der Waals surface area contributed by atoms with Crippen LogP contribution in [-0.2, 0) is 10.0 Å². The molecule has 1 aromatic rings. The Morgan fingerprint density at radius 3 is 2.81 bits per heavy atom. The van der Waals surface area contributed by atoms with Crippen LogP contribution >= 0.6 is 0 Å². The summed E-state index contributed by atoms with van der Waals surface area (Å²) >= 11 is 0. The van der Waals surface area contributed by atoms with Gasteiger partial charge in [-0.2, -0.15) is 4.31 Å². The van der Waals surface area contributed by atoms with Crippen LogP contribution < -0.4 is 4.74 Å². The first-order chi connectivity index (χ1) is 10.0. The molecule has 2 rings (SSSR count). The molecule has 21 heavy (non-hydrogen) atoms. The van der Waals surface area contributed by atoms with Crippen LogP contribution in [0.5, 0.6) is 5.75 Å². The van der Waals surface area contributed by atoms with E-state index in [1.54, 1.807) is 29.6 Å². The Bertz CT molecular complexity index is 585. The third-order valence-corrected chi connectivity index (χ3v) is 5.94. The summed E-state index contributed by atoms with van der Waals surface area (Å²) in [4.78, 5) is 0.316. The van der Waals surface area contributed by atoms with Gasteiger partial charge in [0.05, 0.1) is 12.0 Å². The van der Waals surface area contributed by atoms with Gasteiger partial charge in [0.25, 0.3) is 0 Å². The topological polar surface area (TPSA) is 66.8 Å². The summed E-state index contributed by atoms with van der Waals surface area (Å²) in [6.45, 7) is 2.50. The Labute approximate surface area is 126 Å². The molecular weight excluding hydrogens is 290 g/mol. The zero-order valence-corrected chi connectivity index (χ0v) is 13.4. The highest BCUT2D eigenvalue weighted by molar-refractivity contribution is 7.89. The smallest absolute Gasteiger partial charge is 0.243 e. The van der Waals surface area contributed by atoms with Crippen molar-refractivity contribution >= 4 is 10.0 Å². The van der Waals surface area contributed by atoms with E-state index in [9.17, 15) is 8.42 Å². The van der Waals surface area contributed by atoms with E-state index in [1.165, 1.54) is 0 Å². The predicted octanol–water partition coefficient (Wildman–Crippen LogP) is 1.93. The Balaban J connectivity index is 2.26. The lowest BCUT2D eigenvalue weighted by Gasteiger charge is -2.24. The summed E-state index contributed by atoms with van der Waals surface area (Å²) in [6, 6.07) is 4.96. The molecule has 0 saturated carbocycles. The fourth-order valence-electron chi connectivity index (χ4n) is 2.89. The number of aliphatic hydroxyl groups excluding tert-OH is 1. The van der Waals surface area contributed by atoms with Crippen LogP contribution in [0.4, 0.5) is 0 Å². The first-order valence-corrected chi connectivity index (χ1v) is 8.72. The van der Waals surface area contributed by atoms with Gasteiger partial charge in [-0.05, 0) is 56.4 Å². The third kappa shape index (κ3) is 3.39. The van der Waals surface area contributed by atoms with Crippen molar-refractivity contribution in [2.24, 2.45) is 0 Å². The molecule has 0 aliphatic carbocycles. The Hall–Kier alpha value is -1.11. The number of rotatable bonds is 6. The van der Waals surface area contributed by atoms with E-state index in [-0.39, 0.29) is 12.6 Å². The van der Waals surface area contributed by atoms with Crippen LogP contribution in [0.2, 0.25) is 0 Å². The van der Waals surface area contributed by atoms with Crippen molar-refractivity contribution in [1.82, 2.24) is 4.31 Å². The lowest BCUT2D eigenvalue weighted by Crippen LogP contribution is -2.35. The molecule has 118 valence electrons. The van der Waals surface area contributed by atoms with Gasteiger partial charge < -0.3 is 9.84 Å². The molecule has 6 heteroatoms. The summed E-state index contributed by atoms with van der Waals surface area (Å²) in [5.74, 6) is 0.687. The monoisotopic (exact) mass is 313 g/mol. The van der Waals surface area contributed by atoms with Crippen LogP contribution in [0, 0.1) is 6.92 Å². The van der Waals surface area contributed by atoms with Gasteiger partial charge >= 0.3 is 0 Å². The zero-order chi connectivity index (χ0) is 15.5. The Kier molecular flexibility index (Phi) is 5.24. The molecular formula is C15H23NO4S. The number of hydrogen-bond donors (Lipinski definition) is 1. The van der Waals surface area contributed by atoms with Gasteiger partial charge in [0.15, 0.2) is 0 Å². The number of methoxy groups -OCH3 is 1. The first-order valence-electron chi connectivity index (χ1n) is 7.28. The highest BCUT2D eigenvalue weighted by Gasteiger charge is 2.34. The van der Waals surface area contributed by atoms with Crippen LogP contribution in [0.3, 0.4) is 0 Å². The van der Waals surface area contributed by atoms with E-state index in [4.69, 9.17) is 9.84 Å². The van der Waals surface area contributed by atoms with Gasteiger partial charge in [0.2, 0.25) is 10.0 Å². The van der Waals surface area contributed by atoms with Crippen molar-refractivity contribution in [1.29, 1.82) is 0 Å². The van der Waals surface area contributed by atoms with Crippen LogP contribution in [0.1, 0.15) is 31.2 Å². The summed E-state index contributed by atoms with van der Waals surface area (Å²) < 4.78 is 32.3. The molecule has 0 amide bonds. The molecule has 0 spiro atoms. The second kappa shape index (κ2) is 6.77. The molecule has 0 radical (unpaired) electrons. The third-order valence-electron chi connectivity index (χ3n) is 3.99. The lowest BCUT2D eigenvalue weighted by molar-refractivity contribution is 0.264. The average molecular weight is 313 g/mol. The van der Waals surface area contributed by atoms with Crippen LogP contribution in [0.15, 0.2) is 23.1 Å². The average Bonchev–Trinajstić information content (AvgIpc) is 2.94. The minimum absolute atomic E-state index is 0.00422. The minimum atomic E-state index is -3.47. The molecule has 1 heterocycles. The van der Waals surface area contributed by atoms with Crippen molar-refractivity contribution < 1.29 is 18.3 Å². The molecule has 1 aliphatic rings. The van der Waals surface area contributed by atoms with Gasteiger partial charge in [0.1, 0.15) is 5.75 Å². The fraction of sp³-hybridized carbons (Fsp3) is 0.600. The van der Waals surface area contributed by atoms with E-state index in [2.05, 4.69) is 0 Å². The molecule has 1 saturated heterocycles. The molecule has 1 aliphatic heterocycles. The van der Waals surface area contributed by atoms with Gasteiger partial charge in [0, 0.05) is 19.2 Å². The number of aliphatic hydroxyl groups is 1. The normalized spacial score (nSPS) is 19.9. The molecule has 5 nitrogen and oxygen atoms in total. The zero-order valence-electron chi connectivity index (χ0n) is 12.6. The van der Waals surface area contributed by atoms with Crippen LogP contribution in [0.25, 0.3) is 0 Å². The van der Waals surface area contributed by atoms with Crippen molar-refractivity contribution in [2.45, 2.75) is 43.5 Å². The number of sulfonamides is 1. The summed E-state index contributed by atoms with van der Waals surface area (Å²) in [5.41, 5.74) is 0.810. The van der Waals surface area contributed by atoms with Crippen molar-refractivity contribution in [3.8, 4) is 5.75 Å². The number of nitrogens with zero attached hydrogens (tertiary/aromatic N) is 1. The van der Waals surface area contributed by atoms with Gasteiger partial charge in [-0.3, -0.25) is 0 Å². The van der Waals surface area contributed by atoms with Crippen molar-refractivity contribution in [3.05, 3.63) is 23.8 Å². The standard InChI is InChI=1S/C15H23NO4S/c1-12-11-14(7-8-15(12)20-2)21(18,19)16-9-3-5-13(16)6-4-10-17/h7-8,11,13,17H,3-6,9-10H2,1-2H3. The fourth-order valence-corrected chi connectivity index (χ4v) is 4.70. The molecule has 1 aromatic carbocycles. The maximum absolute atomic E-state index is 12.8. The summed E-state index contributed by atoms with van der Waals surface area (Å²) in [7, 11) is -1.90. The number of benzene rings is 1. The molecule has 0 bridgehead atoms. The predicted molar refractivity (Wildman–Crippen MR) is 81.0 cm³/mol. The number of ether oxygens (including phenoxy) is 1. The van der Waals surface area contributed by atoms with E-state index < -0.39 is 10.0 Å². The molecule has 1 N–H and O–H groups in total. The molecule has 1 fully saturated rings. The quantitative estimate of drug-likeness (QED) is 0.871. The maximum Gasteiger partial charge on any atom is 0.243 e. The largest absolute Gasteiger partial charge is 0.496 e. The molecule has 1 atom stereocenters. The van der Waals surface area contributed by atoms with E-state index in [1.807, 2.05) is 6.92 Å². The number of aryl methyl sites for hydroxylation is 1. The lowest BCUT2D eigenvalue weighted by atomic mass is 10.1. The Morgan fingerprint density at radius 1 is 1.43 bits per heavy atom. The maximum atomic E-state index is 12.8. The number of hydrogen-bond acceptors (Lipinski definition) is 4. The van der Waals surface area contributed by atoms with Gasteiger partial charge in [-0.25, -0.2) is 8.42 Å². The molecule has 0 aromatic heterocycles. The van der Waals surface area contributed by atoms with E-state index in [0.29, 0.717) is 30.0 Å². The second-order valence-corrected chi connectivity index (χ2v) is 7.30. The minimum Gasteiger partial charge on any atom is -0.496 e. The SMILES string of the molecule is COc1ccc(S(=O)(=O)N2CCCC2CCCO)cc1C. The Morgan fingerprint density at radius 2 is 2.19 bits per heavy atom. The van der Waals surface area contributed by atoms with Gasteiger partial charge in [-0.15, -0.1) is 0 Å². The summed E-state index contributed by atoms with van der Waals surface area (Å²) in [6.07, 6.45) is 3.10. The van der Waals surface area contributed by atoms with E-state index >= 15 is 0 Å². The highest BCUT2D eigenvalue weighted by atomic mass is 32.2. The van der Waals surface area contributed by atoms with E-state index in [0.717, 1.165) is 18.4 Å². The van der Waals surface area contributed by atoms with Crippen LogP contribution in [-0.4, -0.2) is 44.1 Å². The molecule has 1 unspecified atom stereocenters. The van der Waals surface area contributed by atoms with Crippen molar-refractivity contribution in [3.63, 3.8) is 0 Å². The first kappa shape index (κ1) is 16.3. The highest BCUT2D eigenvalue weighted by Crippen LogP contribution is 2.30.